The van der Waals surface area contributed by atoms with Gasteiger partial charge in [0, 0.05) is 6.42 Å². The minimum atomic E-state index is -1.98. The van der Waals surface area contributed by atoms with Crippen LogP contribution in [0.2, 0.25) is 0 Å². The minimum Gasteiger partial charge on any atom is -0.394 e. The Balaban J connectivity index is 1.30. The van der Waals surface area contributed by atoms with E-state index >= 15 is 0 Å². The van der Waals surface area contributed by atoms with Gasteiger partial charge in [-0.25, -0.2) is 0 Å². The van der Waals surface area contributed by atoms with Crippen LogP contribution in [0.25, 0.3) is 0 Å². The van der Waals surface area contributed by atoms with Gasteiger partial charge in [0.25, 0.3) is 0 Å². The average molecular weight is 1680 g/mol. The number of ether oxygens (including phenoxy) is 6. The molecular formula is C100H177NO18. The van der Waals surface area contributed by atoms with Gasteiger partial charge in [0.05, 0.1) is 38.6 Å². The summed E-state index contributed by atoms with van der Waals surface area (Å²) in [6.45, 7) is 1.67. The molecule has 0 aromatic carbocycles. The zero-order valence-electron chi connectivity index (χ0n) is 74.8. The van der Waals surface area contributed by atoms with Crippen molar-refractivity contribution in [3.8, 4) is 0 Å². The number of rotatable bonds is 79. The lowest BCUT2D eigenvalue weighted by atomic mass is 9.96. The van der Waals surface area contributed by atoms with Crippen molar-refractivity contribution in [2.45, 2.75) is 491 Å². The quantitative estimate of drug-likeness (QED) is 0.0199. The third kappa shape index (κ3) is 55.5. The Morgan fingerprint density at radius 1 is 0.311 bits per heavy atom. The summed E-state index contributed by atoms with van der Waals surface area (Å²) in [5, 5.41) is 121. The van der Waals surface area contributed by atoms with Crippen molar-refractivity contribution in [1.82, 2.24) is 5.32 Å². The monoisotopic (exact) mass is 1680 g/mol. The van der Waals surface area contributed by atoms with Crippen LogP contribution in [0.15, 0.2) is 109 Å². The Kier molecular flexibility index (Phi) is 71.8. The molecule has 3 aliphatic heterocycles. The van der Waals surface area contributed by atoms with E-state index in [1.54, 1.807) is 6.08 Å². The molecule has 1 amide bonds. The van der Waals surface area contributed by atoms with Crippen LogP contribution in [-0.4, -0.2) is 193 Å². The molecule has 0 aliphatic carbocycles. The second kappa shape index (κ2) is 78.0. The first-order valence-corrected chi connectivity index (χ1v) is 48.6. The van der Waals surface area contributed by atoms with Gasteiger partial charge in [-0.1, -0.05) is 406 Å². The van der Waals surface area contributed by atoms with Gasteiger partial charge >= 0.3 is 0 Å². The molecular weight excluding hydrogens is 1500 g/mol. The molecule has 119 heavy (non-hydrogen) atoms. The number of allylic oxidation sites excluding steroid dienone is 17. The molecule has 0 aromatic heterocycles. The van der Waals surface area contributed by atoms with E-state index in [2.05, 4.69) is 116 Å². The lowest BCUT2D eigenvalue weighted by Gasteiger charge is -2.48. The summed E-state index contributed by atoms with van der Waals surface area (Å²) in [7, 11) is 0. The molecule has 12 N–H and O–H groups in total. The highest BCUT2D eigenvalue weighted by Gasteiger charge is 2.54. The maximum atomic E-state index is 13.6. The Hall–Kier alpha value is -3.55. The van der Waals surface area contributed by atoms with Gasteiger partial charge in [-0.2, -0.15) is 0 Å². The van der Waals surface area contributed by atoms with Crippen LogP contribution in [0.3, 0.4) is 0 Å². The number of carbonyl (C=O) groups excluding carboxylic acids is 1. The Morgan fingerprint density at radius 3 is 0.908 bits per heavy atom. The Morgan fingerprint density at radius 2 is 0.580 bits per heavy atom. The molecule has 19 heteroatoms. The maximum Gasteiger partial charge on any atom is 0.220 e. The van der Waals surface area contributed by atoms with Crippen molar-refractivity contribution in [3.05, 3.63) is 109 Å². The zero-order chi connectivity index (χ0) is 85.9. The van der Waals surface area contributed by atoms with Crippen LogP contribution in [0.1, 0.15) is 386 Å². The predicted octanol–water partition coefficient (Wildman–Crippen LogP) is 20.0. The molecule has 0 saturated carbocycles. The molecule has 0 radical (unpaired) electrons. The van der Waals surface area contributed by atoms with Crippen molar-refractivity contribution in [1.29, 1.82) is 0 Å². The van der Waals surface area contributed by atoms with Gasteiger partial charge in [-0.05, 0) is 83.5 Å². The fourth-order valence-electron chi connectivity index (χ4n) is 15.9. The van der Waals surface area contributed by atoms with E-state index < -0.39 is 124 Å². The van der Waals surface area contributed by atoms with Crippen LogP contribution >= 0.6 is 0 Å². The average Bonchev–Trinajstić information content (AvgIpc) is 0.778. The van der Waals surface area contributed by atoms with E-state index in [-0.39, 0.29) is 18.9 Å². The van der Waals surface area contributed by atoms with E-state index in [4.69, 9.17) is 28.4 Å². The van der Waals surface area contributed by atoms with E-state index in [0.717, 1.165) is 96.3 Å². The summed E-state index contributed by atoms with van der Waals surface area (Å²) in [5.74, 6) is -0.273. The fraction of sp³-hybridized carbons (Fsp3) is 0.810. The summed E-state index contributed by atoms with van der Waals surface area (Å²) < 4.78 is 34.6. The molecule has 690 valence electrons. The molecule has 0 bridgehead atoms. The van der Waals surface area contributed by atoms with Gasteiger partial charge < -0.3 is 89.9 Å². The second-order valence-corrected chi connectivity index (χ2v) is 34.2. The molecule has 17 atom stereocenters. The first-order chi connectivity index (χ1) is 58.3. The normalized spacial score (nSPS) is 24.7. The Bertz CT molecular complexity index is 2570. The number of aliphatic hydroxyl groups excluding tert-OH is 11. The lowest BCUT2D eigenvalue weighted by molar-refractivity contribution is -0.379. The standard InChI is InChI=1S/C100H177NO18/c1-3-5-7-9-11-13-15-17-19-21-23-25-27-29-31-33-35-37-38-39-40-41-42-43-44-46-48-50-52-54-56-58-60-62-64-66-68-70-72-74-76-78-88(106)101-83(84(105)77-75-73-71-69-67-65-63-61-59-57-55-53-51-49-47-45-36-34-32-30-28-26-24-22-20-18-16-14-12-10-8-6-4-2)82-114-98-94(112)91(109)96(86(80-103)116-98)119-100-95(113)92(110)97(87(81-104)117-100)118-99-93(111)90(108)89(107)85(79-102)115-99/h5,7,11,13,17,19,23,25,29,31,35,37,39-40,42-43,75,77,83-87,89-100,102-105,107-113H,3-4,6,8-10,12,14-16,18,20-22,24,26-28,30,32-34,36,38,41,44-74,76,78-82H2,1-2H3,(H,101,106)/b7-5-,13-11-,19-17-,25-23-,31-29-,37-35-,40-39-,43-42-,77-75+. The van der Waals surface area contributed by atoms with Gasteiger partial charge in [0.2, 0.25) is 5.91 Å². The summed E-state index contributed by atoms with van der Waals surface area (Å²) in [6, 6.07) is -0.981. The summed E-state index contributed by atoms with van der Waals surface area (Å²) in [6.07, 6.45) is 83.9. The minimum absolute atomic E-state index is 0.240. The van der Waals surface area contributed by atoms with Crippen LogP contribution in [0.5, 0.6) is 0 Å². The molecule has 3 rings (SSSR count). The maximum absolute atomic E-state index is 13.6. The number of unbranched alkanes of at least 4 members (excludes halogenated alkanes) is 47. The molecule has 3 fully saturated rings. The molecule has 3 heterocycles. The number of amides is 1. The topological polar surface area (TPSA) is 307 Å². The molecule has 3 saturated heterocycles. The van der Waals surface area contributed by atoms with Crippen molar-refractivity contribution in [2.75, 3.05) is 26.4 Å². The predicted molar refractivity (Wildman–Crippen MR) is 484 cm³/mol. The molecule has 19 nitrogen and oxygen atoms in total. The summed E-state index contributed by atoms with van der Waals surface area (Å²) >= 11 is 0. The number of carbonyl (C=O) groups is 1. The summed E-state index contributed by atoms with van der Waals surface area (Å²) in [5.41, 5.74) is 0. The van der Waals surface area contributed by atoms with E-state index in [0.29, 0.717) is 6.42 Å². The number of hydrogen-bond donors (Lipinski definition) is 12. The number of hydrogen-bond acceptors (Lipinski definition) is 18. The smallest absolute Gasteiger partial charge is 0.220 e. The molecule has 3 aliphatic rings. The highest BCUT2D eigenvalue weighted by atomic mass is 16.8. The highest BCUT2D eigenvalue weighted by molar-refractivity contribution is 5.76. The summed E-state index contributed by atoms with van der Waals surface area (Å²) in [4.78, 5) is 13.6. The second-order valence-electron chi connectivity index (χ2n) is 34.2. The van der Waals surface area contributed by atoms with Gasteiger partial charge in [0.1, 0.15) is 73.2 Å². The Labute approximate surface area is 723 Å². The van der Waals surface area contributed by atoms with Crippen molar-refractivity contribution >= 4 is 5.91 Å². The lowest BCUT2D eigenvalue weighted by Crippen LogP contribution is -2.66. The largest absolute Gasteiger partial charge is 0.394 e. The molecule has 17 unspecified atom stereocenters. The van der Waals surface area contributed by atoms with Crippen molar-refractivity contribution < 1.29 is 89.4 Å². The number of nitrogens with one attached hydrogen (secondary N) is 1. The van der Waals surface area contributed by atoms with Gasteiger partial charge in [-0.3, -0.25) is 4.79 Å². The van der Waals surface area contributed by atoms with Gasteiger partial charge in [0.15, 0.2) is 18.9 Å². The molecule has 0 spiro atoms. The van der Waals surface area contributed by atoms with Gasteiger partial charge in [-0.15, -0.1) is 0 Å². The third-order valence-corrected chi connectivity index (χ3v) is 23.6. The zero-order valence-corrected chi connectivity index (χ0v) is 74.8. The SMILES string of the molecule is CC/C=C\C/C=C\C/C=C\C/C=C\C/C=C\C/C=C\C/C=C\C/C=C\CCCCCCCCCCCCCCCCCCC(=O)NC(COC1OC(CO)C(OC2OC(CO)C(OC3OC(CO)C(O)C(O)C3O)C(O)C2O)C(O)C1O)C(O)/C=C/CCCCCCCCCCCCCCCCCCCCCCCCCCCCCCCCC. The van der Waals surface area contributed by atoms with E-state index in [9.17, 15) is 61.0 Å². The van der Waals surface area contributed by atoms with Crippen molar-refractivity contribution in [3.63, 3.8) is 0 Å². The van der Waals surface area contributed by atoms with Crippen LogP contribution in [0.4, 0.5) is 0 Å². The van der Waals surface area contributed by atoms with E-state index in [1.165, 1.54) is 263 Å². The first-order valence-electron chi connectivity index (χ1n) is 48.6. The van der Waals surface area contributed by atoms with Crippen molar-refractivity contribution in [2.24, 2.45) is 0 Å². The van der Waals surface area contributed by atoms with Crippen LogP contribution < -0.4 is 5.32 Å². The van der Waals surface area contributed by atoms with Crippen LogP contribution in [-0.2, 0) is 33.2 Å². The van der Waals surface area contributed by atoms with E-state index in [1.807, 2.05) is 6.08 Å². The van der Waals surface area contributed by atoms with Crippen LogP contribution in [0, 0.1) is 0 Å². The molecule has 0 aromatic rings. The first kappa shape index (κ1) is 110. The fourth-order valence-corrected chi connectivity index (χ4v) is 15.9. The third-order valence-electron chi connectivity index (χ3n) is 23.6. The number of aliphatic hydroxyl groups is 11. The highest BCUT2D eigenvalue weighted by Crippen LogP contribution is 2.34.